The van der Waals surface area contributed by atoms with E-state index in [9.17, 15) is 0 Å². The third kappa shape index (κ3) is 5.18. The number of rotatable bonds is 5. The maximum Gasteiger partial charge on any atom is 0.223 e. The van der Waals surface area contributed by atoms with Crippen LogP contribution in [0.25, 0.3) is 0 Å². The number of halogens is 2. The minimum Gasteiger partial charge on any atom is -0.356 e. The standard InChI is InChI=1S/C18H24BrN5O.HI/c1-13-23-16(24-25-13)11-21-17(20-2)22-12-18(9-3-4-10-18)14-5-7-15(19)8-6-14;/h5-8H,3-4,9-12H2,1-2H3,(H2,20,21,22);1H. The van der Waals surface area contributed by atoms with E-state index in [-0.39, 0.29) is 29.4 Å². The first-order valence-corrected chi connectivity index (χ1v) is 9.40. The fraction of sp³-hybridized carbons (Fsp3) is 0.500. The lowest BCUT2D eigenvalue weighted by Crippen LogP contribution is -2.44. The van der Waals surface area contributed by atoms with Gasteiger partial charge in [-0.1, -0.05) is 46.1 Å². The van der Waals surface area contributed by atoms with Crippen LogP contribution in [-0.2, 0) is 12.0 Å². The van der Waals surface area contributed by atoms with Crippen LogP contribution in [-0.4, -0.2) is 29.7 Å². The molecular weight excluding hydrogens is 509 g/mol. The maximum absolute atomic E-state index is 4.99. The van der Waals surface area contributed by atoms with Crippen molar-refractivity contribution < 1.29 is 4.52 Å². The van der Waals surface area contributed by atoms with Gasteiger partial charge in [0.2, 0.25) is 5.89 Å². The molecule has 1 saturated carbocycles. The largest absolute Gasteiger partial charge is 0.356 e. The van der Waals surface area contributed by atoms with E-state index in [1.54, 1.807) is 14.0 Å². The van der Waals surface area contributed by atoms with E-state index >= 15 is 0 Å². The Kier molecular flexibility index (Phi) is 7.87. The number of hydrogen-bond donors (Lipinski definition) is 2. The van der Waals surface area contributed by atoms with E-state index in [1.807, 2.05) is 0 Å². The van der Waals surface area contributed by atoms with Crippen molar-refractivity contribution in [2.45, 2.75) is 44.6 Å². The zero-order chi connectivity index (χ0) is 17.7. The lowest BCUT2D eigenvalue weighted by molar-refractivity contribution is 0.386. The van der Waals surface area contributed by atoms with E-state index in [0.29, 0.717) is 18.3 Å². The van der Waals surface area contributed by atoms with Crippen molar-refractivity contribution in [2.24, 2.45) is 4.99 Å². The highest BCUT2D eigenvalue weighted by atomic mass is 127. The molecule has 1 aromatic heterocycles. The normalized spacial score (nSPS) is 16.2. The number of nitrogens with zero attached hydrogens (tertiary/aromatic N) is 3. The first kappa shape index (κ1) is 21.1. The molecule has 1 fully saturated rings. The van der Waals surface area contributed by atoms with Gasteiger partial charge < -0.3 is 15.2 Å². The van der Waals surface area contributed by atoms with Crippen molar-refractivity contribution in [1.82, 2.24) is 20.8 Å². The summed E-state index contributed by atoms with van der Waals surface area (Å²) in [6, 6.07) is 8.72. The van der Waals surface area contributed by atoms with E-state index in [2.05, 4.69) is 66.0 Å². The molecule has 26 heavy (non-hydrogen) atoms. The van der Waals surface area contributed by atoms with Gasteiger partial charge in [0.25, 0.3) is 0 Å². The number of hydrogen-bond acceptors (Lipinski definition) is 4. The van der Waals surface area contributed by atoms with Gasteiger partial charge in [-0.2, -0.15) is 4.98 Å². The Hall–Kier alpha value is -1.16. The second-order valence-corrected chi connectivity index (χ2v) is 7.42. The number of nitrogens with one attached hydrogen (secondary N) is 2. The van der Waals surface area contributed by atoms with Gasteiger partial charge in [-0.25, -0.2) is 0 Å². The van der Waals surface area contributed by atoms with Crippen LogP contribution in [0.15, 0.2) is 38.3 Å². The van der Waals surface area contributed by atoms with E-state index in [4.69, 9.17) is 4.52 Å². The predicted molar refractivity (Wildman–Crippen MR) is 117 cm³/mol. The van der Waals surface area contributed by atoms with Crippen molar-refractivity contribution in [3.05, 3.63) is 46.0 Å². The Morgan fingerprint density at radius 2 is 1.92 bits per heavy atom. The number of aliphatic imine (C=N–C) groups is 1. The summed E-state index contributed by atoms with van der Waals surface area (Å²) in [4.78, 5) is 8.51. The molecule has 8 heteroatoms. The SMILES string of the molecule is CN=C(NCc1noc(C)n1)NCC1(c2ccc(Br)cc2)CCCC1.I. The maximum atomic E-state index is 4.99. The molecule has 2 aromatic rings. The van der Waals surface area contributed by atoms with Crippen LogP contribution in [0, 0.1) is 6.92 Å². The van der Waals surface area contributed by atoms with Crippen molar-refractivity contribution in [3.63, 3.8) is 0 Å². The zero-order valence-corrected chi connectivity index (χ0v) is 19.0. The summed E-state index contributed by atoms with van der Waals surface area (Å²) in [5, 5.41) is 10.6. The second-order valence-electron chi connectivity index (χ2n) is 6.50. The Morgan fingerprint density at radius 1 is 1.23 bits per heavy atom. The number of aromatic nitrogens is 2. The van der Waals surface area contributed by atoms with Crippen molar-refractivity contribution in [2.75, 3.05) is 13.6 Å². The smallest absolute Gasteiger partial charge is 0.223 e. The van der Waals surface area contributed by atoms with Crippen LogP contribution in [0.5, 0.6) is 0 Å². The molecule has 0 aliphatic heterocycles. The molecule has 0 radical (unpaired) electrons. The third-order valence-corrected chi connectivity index (χ3v) is 5.35. The molecule has 1 heterocycles. The van der Waals surface area contributed by atoms with Gasteiger partial charge >= 0.3 is 0 Å². The van der Waals surface area contributed by atoms with Crippen molar-refractivity contribution >= 4 is 45.9 Å². The highest BCUT2D eigenvalue weighted by Gasteiger charge is 2.35. The third-order valence-electron chi connectivity index (χ3n) is 4.82. The first-order chi connectivity index (χ1) is 12.1. The fourth-order valence-electron chi connectivity index (χ4n) is 3.47. The lowest BCUT2D eigenvalue weighted by Gasteiger charge is -2.31. The van der Waals surface area contributed by atoms with Gasteiger partial charge in [-0.15, -0.1) is 24.0 Å². The van der Waals surface area contributed by atoms with Crippen LogP contribution in [0.4, 0.5) is 0 Å². The second kappa shape index (κ2) is 9.68. The number of aryl methyl sites for hydroxylation is 1. The highest BCUT2D eigenvalue weighted by Crippen LogP contribution is 2.40. The summed E-state index contributed by atoms with van der Waals surface area (Å²) in [6.07, 6.45) is 4.93. The van der Waals surface area contributed by atoms with E-state index in [0.717, 1.165) is 17.0 Å². The summed E-state index contributed by atoms with van der Waals surface area (Å²) in [5.74, 6) is 1.95. The zero-order valence-electron chi connectivity index (χ0n) is 15.1. The Labute approximate surface area is 179 Å². The minimum absolute atomic E-state index is 0. The summed E-state index contributed by atoms with van der Waals surface area (Å²) >= 11 is 3.53. The van der Waals surface area contributed by atoms with Gasteiger partial charge in [0.05, 0.1) is 6.54 Å². The average Bonchev–Trinajstić information content (AvgIpc) is 3.25. The first-order valence-electron chi connectivity index (χ1n) is 8.61. The topological polar surface area (TPSA) is 75.3 Å². The molecule has 1 aliphatic carbocycles. The molecule has 6 nitrogen and oxygen atoms in total. The van der Waals surface area contributed by atoms with Gasteiger partial charge in [-0.3, -0.25) is 4.99 Å². The van der Waals surface area contributed by atoms with Crippen LogP contribution in [0.2, 0.25) is 0 Å². The van der Waals surface area contributed by atoms with Crippen molar-refractivity contribution in [1.29, 1.82) is 0 Å². The molecule has 0 spiro atoms. The summed E-state index contributed by atoms with van der Waals surface area (Å²) in [6.45, 7) is 3.13. The van der Waals surface area contributed by atoms with Crippen LogP contribution in [0.3, 0.4) is 0 Å². The summed E-state index contributed by atoms with van der Waals surface area (Å²) in [7, 11) is 1.78. The van der Waals surface area contributed by atoms with Crippen LogP contribution < -0.4 is 10.6 Å². The molecule has 0 unspecified atom stereocenters. The molecule has 0 amide bonds. The molecule has 0 bridgehead atoms. The van der Waals surface area contributed by atoms with E-state index in [1.165, 1.54) is 31.2 Å². The quantitative estimate of drug-likeness (QED) is 0.346. The Bertz CT molecular complexity index is 725. The lowest BCUT2D eigenvalue weighted by atomic mass is 9.79. The Balaban J connectivity index is 0.00000243. The molecule has 142 valence electrons. The predicted octanol–water partition coefficient (Wildman–Crippen LogP) is 3.94. The summed E-state index contributed by atoms with van der Waals surface area (Å²) < 4.78 is 6.11. The minimum atomic E-state index is 0. The molecular formula is C18H25BrIN5O. The molecule has 0 saturated heterocycles. The van der Waals surface area contributed by atoms with Crippen LogP contribution in [0.1, 0.15) is 43.0 Å². The number of guanidine groups is 1. The average molecular weight is 534 g/mol. The monoisotopic (exact) mass is 533 g/mol. The Morgan fingerprint density at radius 3 is 2.50 bits per heavy atom. The molecule has 0 atom stereocenters. The number of benzene rings is 1. The summed E-state index contributed by atoms with van der Waals surface area (Å²) in [5.41, 5.74) is 1.56. The van der Waals surface area contributed by atoms with Gasteiger partial charge in [0.1, 0.15) is 0 Å². The molecule has 2 N–H and O–H groups in total. The fourth-order valence-corrected chi connectivity index (χ4v) is 3.74. The van der Waals surface area contributed by atoms with Crippen LogP contribution >= 0.6 is 39.9 Å². The molecule has 1 aromatic carbocycles. The van der Waals surface area contributed by atoms with Gasteiger partial charge in [0, 0.05) is 30.4 Å². The highest BCUT2D eigenvalue weighted by molar-refractivity contribution is 14.0. The van der Waals surface area contributed by atoms with E-state index < -0.39 is 0 Å². The van der Waals surface area contributed by atoms with Gasteiger partial charge in [0.15, 0.2) is 11.8 Å². The molecule has 1 aliphatic rings. The molecule has 3 rings (SSSR count). The van der Waals surface area contributed by atoms with Gasteiger partial charge in [-0.05, 0) is 30.5 Å². The van der Waals surface area contributed by atoms with Crippen molar-refractivity contribution in [3.8, 4) is 0 Å².